The van der Waals surface area contributed by atoms with E-state index >= 15 is 0 Å². The van der Waals surface area contributed by atoms with Crippen molar-refractivity contribution in [2.75, 3.05) is 19.8 Å². The molecule has 0 unspecified atom stereocenters. The van der Waals surface area contributed by atoms with E-state index in [1.54, 1.807) is 13.0 Å². The van der Waals surface area contributed by atoms with Crippen LogP contribution in [0.3, 0.4) is 0 Å². The summed E-state index contributed by atoms with van der Waals surface area (Å²) in [7, 11) is -3.62. The molecule has 112 valence electrons. The van der Waals surface area contributed by atoms with E-state index < -0.39 is 15.6 Å². The molecular weight excluding hydrogens is 278 g/mol. The summed E-state index contributed by atoms with van der Waals surface area (Å²) >= 11 is 0. The number of benzene rings is 1. The third kappa shape index (κ3) is 3.20. The van der Waals surface area contributed by atoms with Crippen LogP contribution in [0.4, 0.5) is 0 Å². The second-order valence-corrected chi connectivity index (χ2v) is 7.29. The lowest BCUT2D eigenvalue weighted by Gasteiger charge is -2.21. The molecule has 2 N–H and O–H groups in total. The summed E-state index contributed by atoms with van der Waals surface area (Å²) in [5.74, 6) is 0. The van der Waals surface area contributed by atoms with Gasteiger partial charge in [-0.3, -0.25) is 0 Å². The van der Waals surface area contributed by atoms with E-state index in [0.29, 0.717) is 18.6 Å². The number of nitrogens with one attached hydrogen (secondary N) is 1. The first-order chi connectivity index (χ1) is 9.23. The van der Waals surface area contributed by atoms with Crippen LogP contribution in [-0.2, 0) is 14.8 Å². The van der Waals surface area contributed by atoms with Crippen LogP contribution in [0.25, 0.3) is 0 Å². The number of aryl methyl sites for hydroxylation is 3. The minimum atomic E-state index is -3.62. The maximum Gasteiger partial charge on any atom is 0.240 e. The van der Waals surface area contributed by atoms with E-state index in [2.05, 4.69) is 4.72 Å². The number of rotatable bonds is 4. The van der Waals surface area contributed by atoms with Gasteiger partial charge in [0.2, 0.25) is 10.0 Å². The third-order valence-corrected chi connectivity index (χ3v) is 5.30. The van der Waals surface area contributed by atoms with Crippen LogP contribution < -0.4 is 4.72 Å². The van der Waals surface area contributed by atoms with Gasteiger partial charge >= 0.3 is 0 Å². The fraction of sp³-hybridized carbons (Fsp3) is 0.571. The van der Waals surface area contributed by atoms with Gasteiger partial charge in [0.1, 0.15) is 5.60 Å². The Hall–Kier alpha value is -0.950. The molecule has 1 aliphatic heterocycles. The molecule has 0 saturated carbocycles. The average molecular weight is 299 g/mol. The molecule has 1 aromatic rings. The summed E-state index contributed by atoms with van der Waals surface area (Å²) in [6, 6.07) is 3.53. The quantitative estimate of drug-likeness (QED) is 0.871. The first-order valence-corrected chi connectivity index (χ1v) is 8.09. The molecule has 0 spiro atoms. The van der Waals surface area contributed by atoms with Crippen molar-refractivity contribution in [3.63, 3.8) is 0 Å². The van der Waals surface area contributed by atoms with Crippen molar-refractivity contribution in [1.82, 2.24) is 4.72 Å². The van der Waals surface area contributed by atoms with Crippen molar-refractivity contribution in [3.05, 3.63) is 28.8 Å². The summed E-state index contributed by atoms with van der Waals surface area (Å²) in [6.07, 6.45) is 0.446. The topological polar surface area (TPSA) is 75.6 Å². The molecule has 1 fully saturated rings. The minimum absolute atomic E-state index is 0.0261. The zero-order valence-electron chi connectivity index (χ0n) is 12.1. The van der Waals surface area contributed by atoms with E-state index in [0.717, 1.165) is 11.1 Å². The molecule has 5 nitrogen and oxygen atoms in total. The van der Waals surface area contributed by atoms with Gasteiger partial charge in [0.05, 0.1) is 11.5 Å². The van der Waals surface area contributed by atoms with Gasteiger partial charge in [-0.05, 0) is 43.5 Å². The zero-order valence-corrected chi connectivity index (χ0v) is 12.9. The predicted octanol–water partition coefficient (Wildman–Crippen LogP) is 1.04. The van der Waals surface area contributed by atoms with Crippen molar-refractivity contribution in [1.29, 1.82) is 0 Å². The molecule has 1 atom stereocenters. The Morgan fingerprint density at radius 2 is 1.90 bits per heavy atom. The largest absolute Gasteiger partial charge is 0.386 e. The van der Waals surface area contributed by atoms with Crippen molar-refractivity contribution in [2.24, 2.45) is 0 Å². The van der Waals surface area contributed by atoms with Crippen LogP contribution in [0.2, 0.25) is 0 Å². The maximum absolute atomic E-state index is 12.4. The van der Waals surface area contributed by atoms with Gasteiger partial charge in [-0.2, -0.15) is 0 Å². The highest BCUT2D eigenvalue weighted by Crippen LogP contribution is 2.22. The second kappa shape index (κ2) is 5.44. The van der Waals surface area contributed by atoms with Gasteiger partial charge in [0, 0.05) is 19.6 Å². The summed E-state index contributed by atoms with van der Waals surface area (Å²) in [5, 5.41) is 10.1. The van der Waals surface area contributed by atoms with Crippen LogP contribution in [0.1, 0.15) is 23.1 Å². The molecule has 6 heteroatoms. The normalized spacial score (nSPS) is 23.2. The molecule has 1 aliphatic rings. The van der Waals surface area contributed by atoms with Gasteiger partial charge in [0.25, 0.3) is 0 Å². The van der Waals surface area contributed by atoms with Gasteiger partial charge in [-0.15, -0.1) is 0 Å². The summed E-state index contributed by atoms with van der Waals surface area (Å²) < 4.78 is 32.3. The molecule has 1 saturated heterocycles. The lowest BCUT2D eigenvalue weighted by atomic mass is 10.1. The number of ether oxygens (including phenoxy) is 1. The van der Waals surface area contributed by atoms with E-state index in [4.69, 9.17) is 4.74 Å². The molecular formula is C14H21NO4S. The fourth-order valence-corrected chi connectivity index (χ4v) is 3.70. The second-order valence-electron chi connectivity index (χ2n) is 5.55. The van der Waals surface area contributed by atoms with Crippen LogP contribution in [0.15, 0.2) is 17.0 Å². The molecule has 20 heavy (non-hydrogen) atoms. The van der Waals surface area contributed by atoms with E-state index in [1.165, 1.54) is 0 Å². The van der Waals surface area contributed by atoms with Crippen LogP contribution in [0, 0.1) is 20.8 Å². The Morgan fingerprint density at radius 1 is 1.25 bits per heavy atom. The first-order valence-electron chi connectivity index (χ1n) is 6.61. The fourth-order valence-electron chi connectivity index (χ4n) is 2.27. The van der Waals surface area contributed by atoms with Gasteiger partial charge in [0.15, 0.2) is 0 Å². The standard InChI is InChI=1S/C14H21NO4S/c1-10-6-12(3)13(7-11(10)2)20(17,18)15-8-14(16)4-5-19-9-14/h6-7,15-16H,4-5,8-9H2,1-3H3/t14-/m0/s1. The monoisotopic (exact) mass is 299 g/mol. The summed E-state index contributed by atoms with van der Waals surface area (Å²) in [4.78, 5) is 0.267. The minimum Gasteiger partial charge on any atom is -0.386 e. The summed E-state index contributed by atoms with van der Waals surface area (Å²) in [5.41, 5.74) is 1.60. The molecule has 0 aromatic heterocycles. The number of hydrogen-bond acceptors (Lipinski definition) is 4. The van der Waals surface area contributed by atoms with Crippen molar-refractivity contribution < 1.29 is 18.3 Å². The predicted molar refractivity (Wildman–Crippen MR) is 76.2 cm³/mol. The van der Waals surface area contributed by atoms with Gasteiger partial charge in [-0.25, -0.2) is 13.1 Å². The molecule has 1 aromatic carbocycles. The Kier molecular flexibility index (Phi) is 4.20. The van der Waals surface area contributed by atoms with Crippen molar-refractivity contribution in [2.45, 2.75) is 37.7 Å². The smallest absolute Gasteiger partial charge is 0.240 e. The molecule has 0 bridgehead atoms. The summed E-state index contributed by atoms with van der Waals surface area (Å²) in [6.45, 7) is 6.20. The third-order valence-electron chi connectivity index (χ3n) is 3.75. The molecule has 0 aliphatic carbocycles. The lowest BCUT2D eigenvalue weighted by molar-refractivity contribution is 0.0314. The molecule has 0 radical (unpaired) electrons. The number of aliphatic hydroxyl groups is 1. The molecule has 2 rings (SSSR count). The Balaban J connectivity index is 2.20. The number of hydrogen-bond donors (Lipinski definition) is 2. The molecule has 1 heterocycles. The zero-order chi connectivity index (χ0) is 15.0. The maximum atomic E-state index is 12.4. The highest BCUT2D eigenvalue weighted by Gasteiger charge is 2.33. The van der Waals surface area contributed by atoms with Gasteiger partial charge < -0.3 is 9.84 Å². The SMILES string of the molecule is Cc1cc(C)c(S(=O)(=O)NC[C@@]2(O)CCOC2)cc1C. The van der Waals surface area contributed by atoms with E-state index in [-0.39, 0.29) is 18.0 Å². The van der Waals surface area contributed by atoms with Crippen molar-refractivity contribution >= 4 is 10.0 Å². The Labute approximate surface area is 120 Å². The molecule has 0 amide bonds. The highest BCUT2D eigenvalue weighted by atomic mass is 32.2. The van der Waals surface area contributed by atoms with Crippen LogP contribution >= 0.6 is 0 Å². The van der Waals surface area contributed by atoms with Crippen LogP contribution in [0.5, 0.6) is 0 Å². The van der Waals surface area contributed by atoms with E-state index in [9.17, 15) is 13.5 Å². The first kappa shape index (κ1) is 15.4. The Bertz CT molecular complexity index is 604. The average Bonchev–Trinajstić information content (AvgIpc) is 2.79. The van der Waals surface area contributed by atoms with Crippen LogP contribution in [-0.4, -0.2) is 38.9 Å². The number of sulfonamides is 1. The van der Waals surface area contributed by atoms with Crippen molar-refractivity contribution in [3.8, 4) is 0 Å². The highest BCUT2D eigenvalue weighted by molar-refractivity contribution is 7.89. The Morgan fingerprint density at radius 3 is 2.50 bits per heavy atom. The van der Waals surface area contributed by atoms with E-state index in [1.807, 2.05) is 19.9 Å². The van der Waals surface area contributed by atoms with Gasteiger partial charge in [-0.1, -0.05) is 6.07 Å². The lowest BCUT2D eigenvalue weighted by Crippen LogP contribution is -2.43.